The van der Waals surface area contributed by atoms with E-state index in [1.54, 1.807) is 0 Å². The molecule has 0 heterocycles. The minimum Gasteiger partial charge on any atom is -0.856 e. The van der Waals surface area contributed by atoms with Crippen molar-refractivity contribution in [3.63, 3.8) is 0 Å². The second kappa shape index (κ2) is 6.32. The summed E-state index contributed by atoms with van der Waals surface area (Å²) in [5.41, 5.74) is 0. The predicted molar refractivity (Wildman–Crippen MR) is 34.8 cm³/mol. The molecule has 0 bridgehead atoms. The van der Waals surface area contributed by atoms with E-state index < -0.39 is 7.12 Å². The van der Waals surface area contributed by atoms with E-state index >= 15 is 0 Å². The van der Waals surface area contributed by atoms with Crippen molar-refractivity contribution in [2.75, 3.05) is 0 Å². The van der Waals surface area contributed by atoms with Gasteiger partial charge in [0.2, 0.25) is 0 Å². The van der Waals surface area contributed by atoms with E-state index in [1.807, 2.05) is 0 Å². The standard InChI is InChI=1S/C6H12BO2.Rb/c8-7(9)6-4-2-1-3-5-6;/h6,8H,1-5H2;/q-1;+1. The molecular formula is C6H12BO2Rb. The average molecular weight is 212 g/mol. The van der Waals surface area contributed by atoms with Crippen LogP contribution in [0, 0.1) is 0 Å². The fraction of sp³-hybridized carbons (Fsp3) is 1.00. The number of hydrogen-bond donors (Lipinski definition) is 1. The van der Waals surface area contributed by atoms with Crippen LogP contribution in [0.3, 0.4) is 0 Å². The molecule has 0 aromatic carbocycles. The van der Waals surface area contributed by atoms with Crippen molar-refractivity contribution in [2.24, 2.45) is 0 Å². The molecule has 0 saturated heterocycles. The molecule has 0 atom stereocenters. The summed E-state index contributed by atoms with van der Waals surface area (Å²) in [6.45, 7) is 0. The number of rotatable bonds is 1. The van der Waals surface area contributed by atoms with Crippen molar-refractivity contribution in [3.05, 3.63) is 0 Å². The molecule has 0 amide bonds. The molecular weight excluding hydrogens is 200 g/mol. The summed E-state index contributed by atoms with van der Waals surface area (Å²) >= 11 is 0. The smallest absolute Gasteiger partial charge is 0.856 e. The molecule has 1 aliphatic rings. The molecule has 1 N–H and O–H groups in total. The first kappa shape index (κ1) is 11.8. The van der Waals surface area contributed by atoms with Crippen LogP contribution in [0.1, 0.15) is 32.1 Å². The van der Waals surface area contributed by atoms with Gasteiger partial charge >= 0.3 is 58.2 Å². The summed E-state index contributed by atoms with van der Waals surface area (Å²) in [4.78, 5) is 0. The summed E-state index contributed by atoms with van der Waals surface area (Å²) < 4.78 is 0. The maximum absolute atomic E-state index is 10.4. The van der Waals surface area contributed by atoms with Crippen LogP contribution in [0.2, 0.25) is 5.82 Å². The summed E-state index contributed by atoms with van der Waals surface area (Å²) in [7, 11) is -1.31. The fourth-order valence-corrected chi connectivity index (χ4v) is 1.42. The SMILES string of the molecule is [O-]B(O)C1CCCCC1.[Rb+]. The van der Waals surface area contributed by atoms with Gasteiger partial charge < -0.3 is 10.0 Å². The molecule has 0 aromatic heterocycles. The monoisotopic (exact) mass is 212 g/mol. The molecule has 0 spiro atoms. The summed E-state index contributed by atoms with van der Waals surface area (Å²) in [5, 5.41) is 19.1. The molecule has 2 nitrogen and oxygen atoms in total. The van der Waals surface area contributed by atoms with Crippen LogP contribution in [-0.4, -0.2) is 12.1 Å². The Morgan fingerprint density at radius 2 is 1.70 bits per heavy atom. The third-order valence-electron chi connectivity index (χ3n) is 2.05. The summed E-state index contributed by atoms with van der Waals surface area (Å²) in [6.07, 6.45) is 5.37. The third kappa shape index (κ3) is 3.98. The molecule has 4 heteroatoms. The zero-order valence-corrected chi connectivity index (χ0v) is 11.5. The third-order valence-corrected chi connectivity index (χ3v) is 2.05. The van der Waals surface area contributed by atoms with Crippen molar-refractivity contribution in [1.29, 1.82) is 0 Å². The molecule has 0 aromatic rings. The van der Waals surface area contributed by atoms with Gasteiger partial charge in [0, 0.05) is 0 Å². The van der Waals surface area contributed by atoms with E-state index in [2.05, 4.69) is 0 Å². The van der Waals surface area contributed by atoms with Gasteiger partial charge in [0.05, 0.1) is 0 Å². The van der Waals surface area contributed by atoms with E-state index in [0.717, 1.165) is 25.7 Å². The van der Waals surface area contributed by atoms with E-state index in [9.17, 15) is 5.02 Å². The fourth-order valence-electron chi connectivity index (χ4n) is 1.42. The maximum Gasteiger partial charge on any atom is 1.00 e. The Bertz CT molecular complexity index is 83.8. The van der Waals surface area contributed by atoms with Crippen molar-refractivity contribution in [3.8, 4) is 0 Å². The molecule has 1 fully saturated rings. The largest absolute Gasteiger partial charge is 1.00 e. The second-order valence-electron chi connectivity index (χ2n) is 2.79. The summed E-state index contributed by atoms with van der Waals surface area (Å²) in [6, 6.07) is 0. The van der Waals surface area contributed by atoms with Gasteiger partial charge in [0.15, 0.2) is 7.12 Å². The molecule has 1 saturated carbocycles. The van der Waals surface area contributed by atoms with Crippen molar-refractivity contribution in [2.45, 2.75) is 37.9 Å². The topological polar surface area (TPSA) is 43.3 Å². The Balaban J connectivity index is 0.000000810. The molecule has 1 aliphatic carbocycles. The summed E-state index contributed by atoms with van der Waals surface area (Å²) in [5.74, 6) is 0.0544. The van der Waals surface area contributed by atoms with Crippen molar-refractivity contribution >= 4 is 7.12 Å². The molecule has 52 valence electrons. The Hall–Kier alpha value is 1.79. The van der Waals surface area contributed by atoms with Crippen LogP contribution in [0.25, 0.3) is 0 Å². The maximum atomic E-state index is 10.4. The van der Waals surface area contributed by atoms with Crippen LogP contribution in [0.5, 0.6) is 0 Å². The second-order valence-corrected chi connectivity index (χ2v) is 2.79. The molecule has 0 unspecified atom stereocenters. The first-order chi connectivity index (χ1) is 4.30. The van der Waals surface area contributed by atoms with Crippen molar-refractivity contribution < 1.29 is 68.2 Å². The Morgan fingerprint density at radius 1 is 1.20 bits per heavy atom. The average Bonchev–Trinajstić information content (AvgIpc) is 1.90. The first-order valence-electron chi connectivity index (χ1n) is 3.64. The van der Waals surface area contributed by atoms with Gasteiger partial charge in [-0.1, -0.05) is 37.9 Å². The van der Waals surface area contributed by atoms with Crippen molar-refractivity contribution in [1.82, 2.24) is 0 Å². The van der Waals surface area contributed by atoms with Gasteiger partial charge in [-0.05, 0) is 0 Å². The first-order valence-corrected chi connectivity index (χ1v) is 3.64. The van der Waals surface area contributed by atoms with E-state index in [4.69, 9.17) is 5.02 Å². The zero-order valence-electron chi connectivity index (χ0n) is 6.55. The predicted octanol–water partition coefficient (Wildman–Crippen LogP) is -2.83. The molecule has 0 aliphatic heterocycles. The van der Waals surface area contributed by atoms with Gasteiger partial charge in [-0.25, -0.2) is 0 Å². The van der Waals surface area contributed by atoms with Crippen LogP contribution in [0.15, 0.2) is 0 Å². The van der Waals surface area contributed by atoms with E-state index in [1.165, 1.54) is 6.42 Å². The normalized spacial score (nSPS) is 19.8. The Morgan fingerprint density at radius 3 is 2.00 bits per heavy atom. The zero-order chi connectivity index (χ0) is 6.69. The minimum atomic E-state index is -1.31. The van der Waals surface area contributed by atoms with Crippen LogP contribution in [-0.2, 0) is 0 Å². The van der Waals surface area contributed by atoms with Crippen LogP contribution in [0.4, 0.5) is 0 Å². The molecule has 1 rings (SSSR count). The van der Waals surface area contributed by atoms with Gasteiger partial charge in [-0.15, -0.1) is 0 Å². The Kier molecular flexibility index (Phi) is 7.45. The molecule has 0 radical (unpaired) electrons. The van der Waals surface area contributed by atoms with E-state index in [-0.39, 0.29) is 64.0 Å². The molecule has 10 heavy (non-hydrogen) atoms. The minimum absolute atomic E-state index is 0. The van der Waals surface area contributed by atoms with Gasteiger partial charge in [-0.3, -0.25) is 0 Å². The van der Waals surface area contributed by atoms with Gasteiger partial charge in [-0.2, -0.15) is 0 Å². The van der Waals surface area contributed by atoms with Gasteiger partial charge in [0.1, 0.15) is 0 Å². The number of hydrogen-bond acceptors (Lipinski definition) is 2. The van der Waals surface area contributed by atoms with Crippen LogP contribution >= 0.6 is 0 Å². The quantitative estimate of drug-likeness (QED) is 0.476. The van der Waals surface area contributed by atoms with E-state index in [0.29, 0.717) is 0 Å². The van der Waals surface area contributed by atoms with Gasteiger partial charge in [0.25, 0.3) is 0 Å². The van der Waals surface area contributed by atoms with Crippen LogP contribution < -0.4 is 63.2 Å². The Labute approximate surface area is 111 Å².